The van der Waals surface area contributed by atoms with E-state index in [4.69, 9.17) is 27.9 Å². The van der Waals surface area contributed by atoms with Crippen LogP contribution in [0.1, 0.15) is 30.4 Å². The van der Waals surface area contributed by atoms with Crippen molar-refractivity contribution in [3.63, 3.8) is 0 Å². The van der Waals surface area contributed by atoms with Gasteiger partial charge in [-0.1, -0.05) is 59.6 Å². The van der Waals surface area contributed by atoms with Gasteiger partial charge in [-0.15, -0.1) is 0 Å². The Balaban J connectivity index is 1.58. The zero-order chi connectivity index (χ0) is 18.4. The average Bonchev–Trinajstić information content (AvgIpc) is 2.69. The smallest absolute Gasteiger partial charge is 0.220 e. The highest BCUT2D eigenvalue weighted by Gasteiger charge is 2.34. The van der Waals surface area contributed by atoms with Gasteiger partial charge in [0.25, 0.3) is 0 Å². The van der Waals surface area contributed by atoms with E-state index in [2.05, 4.69) is 29.6 Å². The first-order valence-electron chi connectivity index (χ1n) is 8.93. The largest absolute Gasteiger partial charge is 0.381 e. The standard InChI is InChI=1S/C21H23Cl2NO2/c22-18-8-6-16(14-19(18)23)7-9-20(25)24-15-21(10-12-26-13-11-21)17-4-2-1-3-5-17/h1-6,8,14H,7,9-13,15H2,(H,24,25). The molecule has 138 valence electrons. The number of ether oxygens (including phenoxy) is 1. The lowest BCUT2D eigenvalue weighted by molar-refractivity contribution is -0.121. The molecule has 1 heterocycles. The molecule has 1 fully saturated rings. The molecule has 0 saturated carbocycles. The summed E-state index contributed by atoms with van der Waals surface area (Å²) in [5.74, 6) is 0.0536. The molecule has 0 bridgehead atoms. The number of halogens is 2. The van der Waals surface area contributed by atoms with Crippen molar-refractivity contribution >= 4 is 29.1 Å². The second kappa shape index (κ2) is 8.90. The Morgan fingerprint density at radius 2 is 1.77 bits per heavy atom. The molecule has 3 rings (SSSR count). The van der Waals surface area contributed by atoms with Crippen LogP contribution in [0.3, 0.4) is 0 Å². The molecule has 1 aliphatic heterocycles. The zero-order valence-electron chi connectivity index (χ0n) is 14.6. The van der Waals surface area contributed by atoms with E-state index >= 15 is 0 Å². The summed E-state index contributed by atoms with van der Waals surface area (Å²) in [4.78, 5) is 12.4. The fraction of sp³-hybridized carbons (Fsp3) is 0.381. The summed E-state index contributed by atoms with van der Waals surface area (Å²) in [6, 6.07) is 15.9. The molecular formula is C21H23Cl2NO2. The van der Waals surface area contributed by atoms with Crippen molar-refractivity contribution in [2.75, 3.05) is 19.8 Å². The van der Waals surface area contributed by atoms with Crippen LogP contribution in [0.15, 0.2) is 48.5 Å². The van der Waals surface area contributed by atoms with Gasteiger partial charge in [0.05, 0.1) is 10.0 Å². The molecule has 1 amide bonds. The lowest BCUT2D eigenvalue weighted by Crippen LogP contribution is -2.44. The fourth-order valence-corrected chi connectivity index (χ4v) is 3.75. The number of amides is 1. The first kappa shape index (κ1) is 19.2. The van der Waals surface area contributed by atoms with E-state index < -0.39 is 0 Å². The third kappa shape index (κ3) is 4.79. The van der Waals surface area contributed by atoms with Crippen molar-refractivity contribution in [3.05, 3.63) is 69.7 Å². The quantitative estimate of drug-likeness (QED) is 0.768. The minimum absolute atomic E-state index is 0.0429. The summed E-state index contributed by atoms with van der Waals surface area (Å²) in [5.41, 5.74) is 2.24. The van der Waals surface area contributed by atoms with Crippen LogP contribution >= 0.6 is 23.2 Å². The molecule has 3 nitrogen and oxygen atoms in total. The lowest BCUT2D eigenvalue weighted by atomic mass is 9.74. The summed E-state index contributed by atoms with van der Waals surface area (Å²) < 4.78 is 5.54. The monoisotopic (exact) mass is 391 g/mol. The Morgan fingerprint density at radius 1 is 1.04 bits per heavy atom. The normalized spacial score (nSPS) is 16.2. The number of carbonyl (C=O) groups excluding carboxylic acids is 1. The Kier molecular flexibility index (Phi) is 6.58. The summed E-state index contributed by atoms with van der Waals surface area (Å²) >= 11 is 12.0. The van der Waals surface area contributed by atoms with Gasteiger partial charge in [0, 0.05) is 31.6 Å². The van der Waals surface area contributed by atoms with Crippen LogP contribution in [0.4, 0.5) is 0 Å². The molecule has 2 aromatic carbocycles. The van der Waals surface area contributed by atoms with Crippen LogP contribution in [-0.4, -0.2) is 25.7 Å². The van der Waals surface area contributed by atoms with Gasteiger partial charge in [-0.25, -0.2) is 0 Å². The molecule has 1 saturated heterocycles. The fourth-order valence-electron chi connectivity index (χ4n) is 3.43. The van der Waals surface area contributed by atoms with Crippen molar-refractivity contribution in [1.82, 2.24) is 5.32 Å². The van der Waals surface area contributed by atoms with E-state index in [1.165, 1.54) is 5.56 Å². The highest BCUT2D eigenvalue weighted by Crippen LogP contribution is 2.34. The number of carbonyl (C=O) groups is 1. The highest BCUT2D eigenvalue weighted by atomic mass is 35.5. The average molecular weight is 392 g/mol. The maximum atomic E-state index is 12.4. The van der Waals surface area contributed by atoms with Crippen LogP contribution in [-0.2, 0) is 21.4 Å². The van der Waals surface area contributed by atoms with Crippen molar-refractivity contribution in [3.8, 4) is 0 Å². The number of rotatable bonds is 6. The van der Waals surface area contributed by atoms with E-state index in [9.17, 15) is 4.79 Å². The Bertz CT molecular complexity index is 743. The van der Waals surface area contributed by atoms with Crippen molar-refractivity contribution in [2.45, 2.75) is 31.1 Å². The summed E-state index contributed by atoms with van der Waals surface area (Å²) in [6.07, 6.45) is 2.91. The molecule has 0 spiro atoms. The first-order valence-corrected chi connectivity index (χ1v) is 9.69. The van der Waals surface area contributed by atoms with Gasteiger partial charge in [0.15, 0.2) is 0 Å². The van der Waals surface area contributed by atoms with Crippen molar-refractivity contribution in [2.24, 2.45) is 0 Å². The van der Waals surface area contributed by atoms with Gasteiger partial charge in [-0.3, -0.25) is 4.79 Å². The maximum Gasteiger partial charge on any atom is 0.220 e. The van der Waals surface area contributed by atoms with Crippen LogP contribution in [0.25, 0.3) is 0 Å². The van der Waals surface area contributed by atoms with Gasteiger partial charge in [0.2, 0.25) is 5.91 Å². The number of aryl methyl sites for hydroxylation is 1. The molecule has 0 aliphatic carbocycles. The number of nitrogens with one attached hydrogen (secondary N) is 1. The highest BCUT2D eigenvalue weighted by molar-refractivity contribution is 6.42. The second-order valence-electron chi connectivity index (χ2n) is 6.78. The topological polar surface area (TPSA) is 38.3 Å². The maximum absolute atomic E-state index is 12.4. The van der Waals surface area contributed by atoms with E-state index in [1.807, 2.05) is 18.2 Å². The third-order valence-electron chi connectivity index (χ3n) is 5.08. The van der Waals surface area contributed by atoms with Gasteiger partial charge in [0.1, 0.15) is 0 Å². The number of hydrogen-bond donors (Lipinski definition) is 1. The van der Waals surface area contributed by atoms with Gasteiger partial charge in [-0.2, -0.15) is 0 Å². The van der Waals surface area contributed by atoms with Crippen LogP contribution in [0.2, 0.25) is 10.0 Å². The number of hydrogen-bond acceptors (Lipinski definition) is 2. The summed E-state index contributed by atoms with van der Waals surface area (Å²) in [5, 5.41) is 4.19. The van der Waals surface area contributed by atoms with Gasteiger partial charge in [-0.05, 0) is 42.5 Å². The molecule has 0 unspecified atom stereocenters. The Hall–Kier alpha value is -1.55. The predicted octanol–water partition coefficient (Wildman–Crippen LogP) is 4.79. The summed E-state index contributed by atoms with van der Waals surface area (Å²) in [6.45, 7) is 2.10. The van der Waals surface area contributed by atoms with Crippen molar-refractivity contribution in [1.29, 1.82) is 0 Å². The lowest BCUT2D eigenvalue weighted by Gasteiger charge is -2.38. The molecule has 26 heavy (non-hydrogen) atoms. The first-order chi connectivity index (χ1) is 12.6. The molecule has 0 aromatic heterocycles. The van der Waals surface area contributed by atoms with E-state index in [1.54, 1.807) is 6.07 Å². The van der Waals surface area contributed by atoms with Crippen LogP contribution in [0.5, 0.6) is 0 Å². The molecule has 5 heteroatoms. The van der Waals surface area contributed by atoms with Gasteiger partial charge < -0.3 is 10.1 Å². The second-order valence-corrected chi connectivity index (χ2v) is 7.60. The molecule has 1 aliphatic rings. The predicted molar refractivity (Wildman–Crippen MR) is 106 cm³/mol. The van der Waals surface area contributed by atoms with Crippen LogP contribution < -0.4 is 5.32 Å². The molecular weight excluding hydrogens is 369 g/mol. The molecule has 0 radical (unpaired) electrons. The van der Waals surface area contributed by atoms with Crippen LogP contribution in [0, 0.1) is 0 Å². The van der Waals surface area contributed by atoms with Gasteiger partial charge >= 0.3 is 0 Å². The minimum Gasteiger partial charge on any atom is -0.381 e. The SMILES string of the molecule is O=C(CCc1ccc(Cl)c(Cl)c1)NCC1(c2ccccc2)CCOCC1. The minimum atomic E-state index is -0.0429. The van der Waals surface area contributed by atoms with Crippen molar-refractivity contribution < 1.29 is 9.53 Å². The molecule has 2 aromatic rings. The molecule has 1 N–H and O–H groups in total. The van der Waals surface area contributed by atoms with E-state index in [-0.39, 0.29) is 11.3 Å². The van der Waals surface area contributed by atoms with E-state index in [0.717, 1.165) is 31.6 Å². The van der Waals surface area contributed by atoms with E-state index in [0.29, 0.717) is 29.4 Å². The number of benzene rings is 2. The Morgan fingerprint density at radius 3 is 2.46 bits per heavy atom. The molecule has 0 atom stereocenters. The zero-order valence-corrected chi connectivity index (χ0v) is 16.2. The Labute approximate surface area is 164 Å². The summed E-state index contributed by atoms with van der Waals surface area (Å²) in [7, 11) is 0. The third-order valence-corrected chi connectivity index (χ3v) is 5.82.